The number of halogens is 6. The Morgan fingerprint density at radius 2 is 1.68 bits per heavy atom. The number of hydrogen-bond acceptors (Lipinski definition) is 5. The van der Waals surface area contributed by atoms with Gasteiger partial charge in [0.15, 0.2) is 0 Å². The summed E-state index contributed by atoms with van der Waals surface area (Å²) in [4.78, 5) is 12.0. The van der Waals surface area contributed by atoms with Gasteiger partial charge < -0.3 is 9.47 Å². The molecule has 28 heavy (non-hydrogen) atoms. The van der Waals surface area contributed by atoms with E-state index in [0.29, 0.717) is 0 Å². The van der Waals surface area contributed by atoms with Crippen molar-refractivity contribution in [3.8, 4) is 5.75 Å². The lowest BCUT2D eigenvalue weighted by atomic mass is 10.1. The first-order valence-corrected chi connectivity index (χ1v) is 8.54. The van der Waals surface area contributed by atoms with E-state index in [4.69, 9.17) is 9.29 Å². The Morgan fingerprint density at radius 1 is 1.14 bits per heavy atom. The molecule has 0 aromatic heterocycles. The minimum Gasteiger partial charge on any atom is -0.458 e. The molecule has 0 radical (unpaired) electrons. The molecule has 0 bridgehead atoms. The van der Waals surface area contributed by atoms with Gasteiger partial charge in [0.05, 0.1) is 5.56 Å². The normalized spacial score (nSPS) is 13.0. The van der Waals surface area contributed by atoms with Crippen molar-refractivity contribution in [1.29, 1.82) is 0 Å². The van der Waals surface area contributed by atoms with Gasteiger partial charge in [0, 0.05) is 0 Å². The van der Waals surface area contributed by atoms with Gasteiger partial charge in [-0.05, 0) is 24.3 Å². The second-order valence-corrected chi connectivity index (χ2v) is 6.69. The second kappa shape index (κ2) is 7.83. The Kier molecular flexibility index (Phi) is 6.57. The summed E-state index contributed by atoms with van der Waals surface area (Å²) in [6.45, 7) is 6.66. The topological polar surface area (TPSA) is 89.9 Å². The van der Waals surface area contributed by atoms with E-state index in [1.807, 2.05) is 0 Å². The zero-order valence-electron chi connectivity index (χ0n) is 13.7. The molecule has 0 saturated heterocycles. The predicted octanol–water partition coefficient (Wildman–Crippen LogP) is 3.67. The van der Waals surface area contributed by atoms with Crippen molar-refractivity contribution in [3.05, 3.63) is 54.8 Å². The molecule has 0 amide bonds. The van der Waals surface area contributed by atoms with E-state index >= 15 is 0 Å². The number of carbonyl (C=O) groups excluding carboxylic acids is 1. The average molecular weight is 434 g/mol. The fourth-order valence-electron chi connectivity index (χ4n) is 1.82. The zero-order chi connectivity index (χ0) is 22.0. The number of rotatable bonds is 7. The van der Waals surface area contributed by atoms with E-state index in [9.17, 15) is 39.6 Å². The summed E-state index contributed by atoms with van der Waals surface area (Å²) >= 11 is 0. The van der Waals surface area contributed by atoms with Crippen LogP contribution in [0.2, 0.25) is 0 Å². The SMILES string of the molecule is C=CC(=C)Oc1cccc(C(=O)OC(CS(=O)(=O)O)(C(F)(F)F)C(F)(F)F)c1. The van der Waals surface area contributed by atoms with Crippen LogP contribution in [0.4, 0.5) is 26.3 Å². The van der Waals surface area contributed by atoms with Gasteiger partial charge in [-0.2, -0.15) is 34.8 Å². The highest BCUT2D eigenvalue weighted by molar-refractivity contribution is 7.85. The van der Waals surface area contributed by atoms with Crippen LogP contribution in [0.15, 0.2) is 49.3 Å². The number of benzene rings is 1. The molecule has 6 nitrogen and oxygen atoms in total. The molecule has 0 unspecified atom stereocenters. The predicted molar refractivity (Wildman–Crippen MR) is 83.1 cm³/mol. The highest BCUT2D eigenvalue weighted by atomic mass is 32.2. The van der Waals surface area contributed by atoms with Crippen molar-refractivity contribution >= 4 is 16.1 Å². The molecule has 0 atom stereocenters. The summed E-state index contributed by atoms with van der Waals surface area (Å²) in [6, 6.07) is 3.79. The summed E-state index contributed by atoms with van der Waals surface area (Å²) in [5.41, 5.74) is -6.31. The third-order valence-electron chi connectivity index (χ3n) is 3.11. The molecule has 13 heteroatoms. The largest absolute Gasteiger partial charge is 0.458 e. The highest BCUT2D eigenvalue weighted by Gasteiger charge is 2.76. The quantitative estimate of drug-likeness (QED) is 0.232. The van der Waals surface area contributed by atoms with Crippen LogP contribution in [0.5, 0.6) is 5.75 Å². The van der Waals surface area contributed by atoms with Gasteiger partial charge in [-0.25, -0.2) is 4.79 Å². The first-order chi connectivity index (χ1) is 12.5. The van der Waals surface area contributed by atoms with Crippen molar-refractivity contribution in [3.63, 3.8) is 0 Å². The lowest BCUT2D eigenvalue weighted by Gasteiger charge is -2.35. The monoisotopic (exact) mass is 434 g/mol. The highest BCUT2D eigenvalue weighted by Crippen LogP contribution is 2.47. The molecular formula is C15H12F6O6S. The molecule has 1 N–H and O–H groups in total. The van der Waals surface area contributed by atoms with E-state index in [-0.39, 0.29) is 11.5 Å². The average Bonchev–Trinajstić information content (AvgIpc) is 2.50. The molecule has 1 aromatic carbocycles. The smallest absolute Gasteiger partial charge is 0.438 e. The summed E-state index contributed by atoms with van der Waals surface area (Å²) < 4.78 is 118. The van der Waals surface area contributed by atoms with Gasteiger partial charge in [0.2, 0.25) is 0 Å². The fraction of sp³-hybridized carbons (Fsp3) is 0.267. The number of ether oxygens (including phenoxy) is 2. The molecule has 0 heterocycles. The lowest BCUT2D eigenvalue weighted by molar-refractivity contribution is -0.356. The molecular weight excluding hydrogens is 422 g/mol. The van der Waals surface area contributed by atoms with Gasteiger partial charge in [0.25, 0.3) is 10.1 Å². The van der Waals surface area contributed by atoms with Gasteiger partial charge >= 0.3 is 23.9 Å². The van der Waals surface area contributed by atoms with Gasteiger partial charge in [-0.15, -0.1) is 0 Å². The van der Waals surface area contributed by atoms with Crippen LogP contribution in [0, 0.1) is 0 Å². The maximum atomic E-state index is 13.2. The Bertz CT molecular complexity index is 858. The molecule has 0 fully saturated rings. The Morgan fingerprint density at radius 3 is 2.11 bits per heavy atom. The van der Waals surface area contributed by atoms with Crippen molar-refractivity contribution in [2.45, 2.75) is 18.0 Å². The maximum Gasteiger partial charge on any atom is 0.438 e. The first kappa shape index (κ1) is 23.5. The summed E-state index contributed by atoms with van der Waals surface area (Å²) in [5, 5.41) is 0. The molecule has 156 valence electrons. The first-order valence-electron chi connectivity index (χ1n) is 6.93. The van der Waals surface area contributed by atoms with Crippen molar-refractivity contribution in [2.24, 2.45) is 0 Å². The number of esters is 1. The molecule has 0 saturated carbocycles. The fourth-order valence-corrected chi connectivity index (χ4v) is 2.72. The van der Waals surface area contributed by atoms with Crippen LogP contribution in [-0.2, 0) is 14.9 Å². The van der Waals surface area contributed by atoms with Crippen LogP contribution in [0.1, 0.15) is 10.4 Å². The third-order valence-corrected chi connectivity index (χ3v) is 3.89. The minimum absolute atomic E-state index is 0.0446. The molecule has 0 spiro atoms. The number of allylic oxidation sites excluding steroid dienone is 1. The molecule has 0 aliphatic carbocycles. The summed E-state index contributed by atoms with van der Waals surface area (Å²) in [7, 11) is -5.87. The van der Waals surface area contributed by atoms with Crippen molar-refractivity contribution < 1.29 is 53.6 Å². The zero-order valence-corrected chi connectivity index (χ0v) is 14.5. The Balaban J connectivity index is 3.40. The molecule has 0 aliphatic heterocycles. The molecule has 1 aromatic rings. The van der Waals surface area contributed by atoms with E-state index in [1.54, 1.807) is 0 Å². The third kappa shape index (κ3) is 5.48. The van der Waals surface area contributed by atoms with E-state index < -0.39 is 45.4 Å². The van der Waals surface area contributed by atoms with Crippen LogP contribution in [0.3, 0.4) is 0 Å². The Hall–Kier alpha value is -2.54. The molecule has 1 rings (SSSR count). The number of carbonyl (C=O) groups is 1. The van der Waals surface area contributed by atoms with Crippen molar-refractivity contribution in [1.82, 2.24) is 0 Å². The summed E-state index contributed by atoms with van der Waals surface area (Å²) in [5.74, 6) is -5.37. The minimum atomic E-state index is -6.41. The van der Waals surface area contributed by atoms with Gasteiger partial charge in [-0.3, -0.25) is 4.55 Å². The van der Waals surface area contributed by atoms with Gasteiger partial charge in [-0.1, -0.05) is 19.2 Å². The standard InChI is InChI=1S/C15H12F6O6S/c1-3-9(2)26-11-6-4-5-10(7-11)12(22)27-13(14(16,17)18,15(19,20)21)8-28(23,24)25/h3-7H,1-2,8H2,(H,23,24,25). The number of alkyl halides is 6. The van der Waals surface area contributed by atoms with Crippen LogP contribution < -0.4 is 4.74 Å². The van der Waals surface area contributed by atoms with Crippen LogP contribution in [-0.4, -0.2) is 42.6 Å². The van der Waals surface area contributed by atoms with E-state index in [1.165, 1.54) is 6.07 Å². The van der Waals surface area contributed by atoms with Crippen molar-refractivity contribution in [2.75, 3.05) is 5.75 Å². The number of hydrogen-bond donors (Lipinski definition) is 1. The van der Waals surface area contributed by atoms with E-state index in [0.717, 1.165) is 24.3 Å². The maximum absolute atomic E-state index is 13.2. The Labute approximate surface area is 154 Å². The lowest BCUT2D eigenvalue weighted by Crippen LogP contribution is -2.63. The van der Waals surface area contributed by atoms with Crippen LogP contribution in [0.25, 0.3) is 0 Å². The van der Waals surface area contributed by atoms with Gasteiger partial charge in [0.1, 0.15) is 17.3 Å². The van der Waals surface area contributed by atoms with Crippen LogP contribution >= 0.6 is 0 Å². The molecule has 0 aliphatic rings. The summed E-state index contributed by atoms with van der Waals surface area (Å²) in [6.07, 6.45) is -11.7. The van der Waals surface area contributed by atoms with E-state index in [2.05, 4.69) is 17.9 Å². The second-order valence-electron chi connectivity index (χ2n) is 5.24.